The third kappa shape index (κ3) is 4.06. The smallest absolute Gasteiger partial charge is 0.226 e. The molecule has 1 amide bonds. The molecule has 3 aromatic heterocycles. The molecule has 0 aliphatic carbocycles. The topological polar surface area (TPSA) is 108 Å². The average molecular weight is 496 g/mol. The summed E-state index contributed by atoms with van der Waals surface area (Å²) in [5, 5.41) is 20.1. The second-order valence-electron chi connectivity index (χ2n) is 9.02. The van der Waals surface area contributed by atoms with Crippen LogP contribution in [0, 0.1) is 13.8 Å². The van der Waals surface area contributed by atoms with Crippen molar-refractivity contribution < 1.29 is 14.3 Å². The summed E-state index contributed by atoms with van der Waals surface area (Å²) in [6, 6.07) is 17.6. The number of hydrogen-bond donors (Lipinski definition) is 1. The van der Waals surface area contributed by atoms with E-state index in [2.05, 4.69) is 39.7 Å². The van der Waals surface area contributed by atoms with E-state index in [9.17, 15) is 4.79 Å². The van der Waals surface area contributed by atoms with E-state index in [0.29, 0.717) is 41.8 Å². The zero-order chi connectivity index (χ0) is 25.5. The van der Waals surface area contributed by atoms with Crippen molar-refractivity contribution in [2.24, 2.45) is 0 Å². The van der Waals surface area contributed by atoms with Gasteiger partial charge in [0.15, 0.2) is 23.0 Å². The molecule has 4 heterocycles. The molecular formula is C27H25N7O3. The standard InChI is InChI=1S/C27H25N7O3/c1-16-6-4-5-7-19(16)14-37-21-9-8-18(12-22(21)36-3)20-13-25(35)29-27-26(20)17(2)31-34(27)24-11-10-23-30-28-15-33(23)32-24/h4-12,15,20H,13-14H2,1-3H3,(H,29,35)/t20-/m1/s1. The highest BCUT2D eigenvalue weighted by molar-refractivity contribution is 5.95. The number of amides is 1. The van der Waals surface area contributed by atoms with Crippen molar-refractivity contribution in [1.82, 2.24) is 29.6 Å². The van der Waals surface area contributed by atoms with Gasteiger partial charge >= 0.3 is 0 Å². The van der Waals surface area contributed by atoms with E-state index < -0.39 is 0 Å². The fourth-order valence-electron chi connectivity index (χ4n) is 4.78. The minimum Gasteiger partial charge on any atom is -0.493 e. The number of rotatable bonds is 6. The number of anilines is 1. The molecule has 2 aromatic carbocycles. The van der Waals surface area contributed by atoms with Crippen LogP contribution in [0.25, 0.3) is 11.5 Å². The van der Waals surface area contributed by atoms with E-state index >= 15 is 0 Å². The zero-order valence-electron chi connectivity index (χ0n) is 20.7. The maximum absolute atomic E-state index is 12.8. The van der Waals surface area contributed by atoms with E-state index in [4.69, 9.17) is 14.6 Å². The Morgan fingerprint density at radius 1 is 1.05 bits per heavy atom. The van der Waals surface area contributed by atoms with Crippen molar-refractivity contribution >= 4 is 17.4 Å². The van der Waals surface area contributed by atoms with Gasteiger partial charge in [0, 0.05) is 17.9 Å². The molecule has 0 radical (unpaired) electrons. The van der Waals surface area contributed by atoms with E-state index in [-0.39, 0.29) is 11.8 Å². The van der Waals surface area contributed by atoms with Crippen LogP contribution in [0.3, 0.4) is 0 Å². The maximum Gasteiger partial charge on any atom is 0.226 e. The molecule has 6 rings (SSSR count). The highest BCUT2D eigenvalue weighted by atomic mass is 16.5. The van der Waals surface area contributed by atoms with Crippen LogP contribution in [-0.2, 0) is 11.4 Å². The molecule has 37 heavy (non-hydrogen) atoms. The van der Waals surface area contributed by atoms with Crippen LogP contribution >= 0.6 is 0 Å². The minimum absolute atomic E-state index is 0.0946. The molecule has 1 aliphatic rings. The number of fused-ring (bicyclic) bond motifs is 2. The minimum atomic E-state index is -0.199. The third-order valence-electron chi connectivity index (χ3n) is 6.70. The van der Waals surface area contributed by atoms with Gasteiger partial charge in [0.1, 0.15) is 18.8 Å². The van der Waals surface area contributed by atoms with E-state index in [1.807, 2.05) is 37.3 Å². The fraction of sp³-hybridized carbons (Fsp3) is 0.222. The Hall–Kier alpha value is -4.73. The number of nitrogens with one attached hydrogen (secondary N) is 1. The van der Waals surface area contributed by atoms with Crippen molar-refractivity contribution in [3.63, 3.8) is 0 Å². The number of aryl methyl sites for hydroxylation is 2. The molecule has 0 saturated carbocycles. The Morgan fingerprint density at radius 3 is 2.76 bits per heavy atom. The normalized spacial score (nSPS) is 14.9. The summed E-state index contributed by atoms with van der Waals surface area (Å²) in [7, 11) is 1.62. The first-order valence-electron chi connectivity index (χ1n) is 11.9. The van der Waals surface area contributed by atoms with Crippen LogP contribution < -0.4 is 14.8 Å². The van der Waals surface area contributed by atoms with E-state index in [0.717, 1.165) is 22.4 Å². The second kappa shape index (κ2) is 9.05. The predicted molar refractivity (Wildman–Crippen MR) is 136 cm³/mol. The van der Waals surface area contributed by atoms with Gasteiger partial charge in [-0.05, 0) is 54.8 Å². The molecule has 5 aromatic rings. The molecule has 1 N–H and O–H groups in total. The molecule has 186 valence electrons. The summed E-state index contributed by atoms with van der Waals surface area (Å²) in [4.78, 5) is 12.8. The van der Waals surface area contributed by atoms with Crippen LogP contribution in [0.1, 0.15) is 40.3 Å². The summed E-state index contributed by atoms with van der Waals surface area (Å²) in [6.07, 6.45) is 1.82. The Labute approximate surface area is 212 Å². The van der Waals surface area contributed by atoms with Gasteiger partial charge in [-0.15, -0.1) is 15.3 Å². The number of hydrogen-bond acceptors (Lipinski definition) is 7. The van der Waals surface area contributed by atoms with Crippen LogP contribution in [0.4, 0.5) is 5.82 Å². The average Bonchev–Trinajstić information content (AvgIpc) is 3.51. The van der Waals surface area contributed by atoms with Crippen molar-refractivity contribution in [1.29, 1.82) is 0 Å². The largest absolute Gasteiger partial charge is 0.493 e. The number of carbonyl (C=O) groups excluding carboxylic acids is 1. The Morgan fingerprint density at radius 2 is 1.92 bits per heavy atom. The van der Waals surface area contributed by atoms with Gasteiger partial charge in [-0.3, -0.25) is 4.79 Å². The SMILES string of the molecule is COc1cc([C@H]2CC(=O)Nc3c2c(C)nn3-c2ccc3nncn3n2)ccc1OCc1ccccc1C. The molecule has 0 bridgehead atoms. The number of carbonyl (C=O) groups is 1. The van der Waals surface area contributed by atoms with E-state index in [1.165, 1.54) is 11.9 Å². The highest BCUT2D eigenvalue weighted by Gasteiger charge is 2.33. The lowest BCUT2D eigenvalue weighted by atomic mass is 9.85. The zero-order valence-corrected chi connectivity index (χ0v) is 20.7. The summed E-state index contributed by atoms with van der Waals surface area (Å²) in [5.74, 6) is 2.13. The van der Waals surface area contributed by atoms with Gasteiger partial charge in [0.05, 0.1) is 12.8 Å². The molecule has 0 saturated heterocycles. The fourth-order valence-corrected chi connectivity index (χ4v) is 4.78. The summed E-state index contributed by atoms with van der Waals surface area (Å²) in [6.45, 7) is 4.44. The number of aromatic nitrogens is 6. The second-order valence-corrected chi connectivity index (χ2v) is 9.02. The van der Waals surface area contributed by atoms with Gasteiger partial charge in [-0.2, -0.15) is 14.3 Å². The van der Waals surface area contributed by atoms with Gasteiger partial charge in [-0.25, -0.2) is 0 Å². The molecule has 10 heteroatoms. The third-order valence-corrected chi connectivity index (χ3v) is 6.70. The highest BCUT2D eigenvalue weighted by Crippen LogP contribution is 2.42. The quantitative estimate of drug-likeness (QED) is 0.379. The molecule has 1 atom stereocenters. The number of benzene rings is 2. The molecule has 0 spiro atoms. The first-order valence-corrected chi connectivity index (χ1v) is 11.9. The lowest BCUT2D eigenvalue weighted by Gasteiger charge is -2.25. The summed E-state index contributed by atoms with van der Waals surface area (Å²) < 4.78 is 15.0. The summed E-state index contributed by atoms with van der Waals surface area (Å²) in [5.41, 5.74) is 5.61. The number of nitrogens with zero attached hydrogens (tertiary/aromatic N) is 6. The van der Waals surface area contributed by atoms with Gasteiger partial charge in [0.2, 0.25) is 5.91 Å². The lowest BCUT2D eigenvalue weighted by molar-refractivity contribution is -0.116. The van der Waals surface area contributed by atoms with Gasteiger partial charge < -0.3 is 14.8 Å². The monoisotopic (exact) mass is 495 g/mol. The Bertz CT molecular complexity index is 1640. The van der Waals surface area contributed by atoms with Crippen LogP contribution in [0.2, 0.25) is 0 Å². The van der Waals surface area contributed by atoms with Crippen LogP contribution in [-0.4, -0.2) is 42.6 Å². The van der Waals surface area contributed by atoms with Crippen LogP contribution in [0.5, 0.6) is 11.5 Å². The molecule has 0 fully saturated rings. The number of methoxy groups -OCH3 is 1. The molecule has 1 aliphatic heterocycles. The molecular weight excluding hydrogens is 470 g/mol. The Balaban J connectivity index is 1.35. The van der Waals surface area contributed by atoms with Gasteiger partial charge in [-0.1, -0.05) is 30.3 Å². The molecule has 0 unspecified atom stereocenters. The van der Waals surface area contributed by atoms with Gasteiger partial charge in [0.25, 0.3) is 0 Å². The van der Waals surface area contributed by atoms with E-state index in [1.54, 1.807) is 28.4 Å². The summed E-state index contributed by atoms with van der Waals surface area (Å²) >= 11 is 0. The molecule has 10 nitrogen and oxygen atoms in total. The maximum atomic E-state index is 12.8. The number of ether oxygens (including phenoxy) is 2. The van der Waals surface area contributed by atoms with Crippen molar-refractivity contribution in [2.75, 3.05) is 12.4 Å². The van der Waals surface area contributed by atoms with Crippen LogP contribution in [0.15, 0.2) is 60.9 Å². The predicted octanol–water partition coefficient (Wildman–Crippen LogP) is 3.99. The Kier molecular flexibility index (Phi) is 5.56. The van der Waals surface area contributed by atoms with Crippen molar-refractivity contribution in [3.05, 3.63) is 88.9 Å². The first-order chi connectivity index (χ1) is 18.0. The lowest BCUT2D eigenvalue weighted by Crippen LogP contribution is -2.25. The first kappa shape index (κ1) is 22.7. The van der Waals surface area contributed by atoms with Crippen molar-refractivity contribution in [3.8, 4) is 17.3 Å². The van der Waals surface area contributed by atoms with Crippen molar-refractivity contribution in [2.45, 2.75) is 32.8 Å².